The summed E-state index contributed by atoms with van der Waals surface area (Å²) < 4.78 is 23.6. The molecule has 0 heterocycles. The first-order valence-corrected chi connectivity index (χ1v) is 7.13. The first-order valence-electron chi connectivity index (χ1n) is 6.34. The van der Waals surface area contributed by atoms with Crippen molar-refractivity contribution in [3.05, 3.63) is 22.2 Å². The standard InChI is InChI=1S/C14H21BrFNO2/c1-10(2)8-17-9-11-6-12(15)14(19-5-4-16)13(7-11)18-3/h6-7,10,17H,4-5,8-9H2,1-3H3. The van der Waals surface area contributed by atoms with E-state index in [9.17, 15) is 4.39 Å². The van der Waals surface area contributed by atoms with Crippen LogP contribution in [-0.2, 0) is 6.54 Å². The number of nitrogens with one attached hydrogen (secondary N) is 1. The summed E-state index contributed by atoms with van der Waals surface area (Å²) in [6.45, 7) is 5.55. The van der Waals surface area contributed by atoms with E-state index in [2.05, 4.69) is 35.1 Å². The van der Waals surface area contributed by atoms with E-state index in [1.54, 1.807) is 7.11 Å². The fourth-order valence-electron chi connectivity index (χ4n) is 1.66. The fourth-order valence-corrected chi connectivity index (χ4v) is 2.27. The van der Waals surface area contributed by atoms with Gasteiger partial charge in [-0.25, -0.2) is 4.39 Å². The second-order valence-electron chi connectivity index (χ2n) is 4.67. The molecule has 108 valence electrons. The molecule has 3 nitrogen and oxygen atoms in total. The average Bonchev–Trinajstić information content (AvgIpc) is 2.36. The normalized spacial score (nSPS) is 10.8. The first-order chi connectivity index (χ1) is 9.08. The summed E-state index contributed by atoms with van der Waals surface area (Å²) in [5.41, 5.74) is 1.09. The maximum absolute atomic E-state index is 12.2. The number of alkyl halides is 1. The highest BCUT2D eigenvalue weighted by molar-refractivity contribution is 9.10. The zero-order valence-corrected chi connectivity index (χ0v) is 13.2. The minimum Gasteiger partial charge on any atom is -0.493 e. The van der Waals surface area contributed by atoms with Crippen LogP contribution in [0.4, 0.5) is 4.39 Å². The lowest BCUT2D eigenvalue weighted by atomic mass is 10.2. The van der Waals surface area contributed by atoms with Crippen molar-refractivity contribution in [2.24, 2.45) is 5.92 Å². The van der Waals surface area contributed by atoms with Crippen molar-refractivity contribution in [1.29, 1.82) is 0 Å². The SMILES string of the molecule is COc1cc(CNCC(C)C)cc(Br)c1OCCF. The molecule has 0 aromatic heterocycles. The molecular weight excluding hydrogens is 313 g/mol. The van der Waals surface area contributed by atoms with E-state index in [4.69, 9.17) is 9.47 Å². The lowest BCUT2D eigenvalue weighted by Crippen LogP contribution is -2.19. The number of ether oxygens (including phenoxy) is 2. The van der Waals surface area contributed by atoms with E-state index in [1.165, 1.54) is 0 Å². The lowest BCUT2D eigenvalue weighted by Gasteiger charge is -2.14. The van der Waals surface area contributed by atoms with E-state index in [-0.39, 0.29) is 6.61 Å². The molecule has 0 aliphatic rings. The fraction of sp³-hybridized carbons (Fsp3) is 0.571. The van der Waals surface area contributed by atoms with Gasteiger partial charge in [-0.05, 0) is 46.1 Å². The molecule has 0 saturated carbocycles. The van der Waals surface area contributed by atoms with Gasteiger partial charge in [-0.2, -0.15) is 0 Å². The van der Waals surface area contributed by atoms with Gasteiger partial charge < -0.3 is 14.8 Å². The van der Waals surface area contributed by atoms with Crippen LogP contribution in [0.5, 0.6) is 11.5 Å². The molecule has 0 aliphatic carbocycles. The molecule has 1 aromatic rings. The smallest absolute Gasteiger partial charge is 0.175 e. The van der Waals surface area contributed by atoms with Gasteiger partial charge >= 0.3 is 0 Å². The average molecular weight is 334 g/mol. The summed E-state index contributed by atoms with van der Waals surface area (Å²) in [5, 5.41) is 3.37. The summed E-state index contributed by atoms with van der Waals surface area (Å²) in [5.74, 6) is 1.77. The van der Waals surface area contributed by atoms with E-state index in [0.29, 0.717) is 17.4 Å². The second kappa shape index (κ2) is 8.38. The first kappa shape index (κ1) is 16.2. The third kappa shape index (κ3) is 5.37. The summed E-state index contributed by atoms with van der Waals surface area (Å²) >= 11 is 3.43. The summed E-state index contributed by atoms with van der Waals surface area (Å²) in [6, 6.07) is 3.87. The Morgan fingerprint density at radius 1 is 1.37 bits per heavy atom. The number of rotatable bonds is 8. The van der Waals surface area contributed by atoms with Gasteiger partial charge in [0.05, 0.1) is 11.6 Å². The van der Waals surface area contributed by atoms with Gasteiger partial charge in [0, 0.05) is 6.54 Å². The van der Waals surface area contributed by atoms with Crippen LogP contribution >= 0.6 is 15.9 Å². The third-order valence-electron chi connectivity index (χ3n) is 2.49. The van der Waals surface area contributed by atoms with Crippen LogP contribution in [0.3, 0.4) is 0 Å². The Kier molecular flexibility index (Phi) is 7.16. The van der Waals surface area contributed by atoms with Gasteiger partial charge in [-0.1, -0.05) is 13.8 Å². The number of benzene rings is 1. The maximum Gasteiger partial charge on any atom is 0.175 e. The van der Waals surface area contributed by atoms with Crippen molar-refractivity contribution in [2.45, 2.75) is 20.4 Å². The van der Waals surface area contributed by atoms with Crippen molar-refractivity contribution in [1.82, 2.24) is 5.32 Å². The van der Waals surface area contributed by atoms with E-state index >= 15 is 0 Å². The number of halogens is 2. The van der Waals surface area contributed by atoms with Crippen molar-refractivity contribution < 1.29 is 13.9 Å². The van der Waals surface area contributed by atoms with Crippen LogP contribution in [0.2, 0.25) is 0 Å². The predicted octanol–water partition coefficient (Wildman–Crippen LogP) is 3.55. The van der Waals surface area contributed by atoms with Crippen molar-refractivity contribution in [3.8, 4) is 11.5 Å². The van der Waals surface area contributed by atoms with Crippen LogP contribution in [0.25, 0.3) is 0 Å². The maximum atomic E-state index is 12.2. The molecule has 0 atom stereocenters. The molecule has 1 aromatic carbocycles. The zero-order chi connectivity index (χ0) is 14.3. The van der Waals surface area contributed by atoms with Crippen LogP contribution in [0.15, 0.2) is 16.6 Å². The van der Waals surface area contributed by atoms with Crippen LogP contribution < -0.4 is 14.8 Å². The molecule has 1 N–H and O–H groups in total. The monoisotopic (exact) mass is 333 g/mol. The number of hydrogen-bond acceptors (Lipinski definition) is 3. The van der Waals surface area contributed by atoms with Gasteiger partial charge in [-0.3, -0.25) is 0 Å². The highest BCUT2D eigenvalue weighted by atomic mass is 79.9. The number of methoxy groups -OCH3 is 1. The van der Waals surface area contributed by atoms with Gasteiger partial charge in [0.2, 0.25) is 0 Å². The molecule has 0 unspecified atom stereocenters. The number of hydrogen-bond donors (Lipinski definition) is 1. The molecule has 1 rings (SSSR count). The Balaban J connectivity index is 2.77. The lowest BCUT2D eigenvalue weighted by molar-refractivity contribution is 0.258. The summed E-state index contributed by atoms with van der Waals surface area (Å²) in [4.78, 5) is 0. The zero-order valence-electron chi connectivity index (χ0n) is 11.6. The van der Waals surface area contributed by atoms with Crippen molar-refractivity contribution in [2.75, 3.05) is 26.9 Å². The van der Waals surface area contributed by atoms with Crippen LogP contribution in [0, 0.1) is 5.92 Å². The molecule has 0 spiro atoms. The van der Waals surface area contributed by atoms with Crippen LogP contribution in [-0.4, -0.2) is 26.9 Å². The summed E-state index contributed by atoms with van der Waals surface area (Å²) in [6.07, 6.45) is 0. The second-order valence-corrected chi connectivity index (χ2v) is 5.53. The molecule has 0 bridgehead atoms. The van der Waals surface area contributed by atoms with Gasteiger partial charge in [0.15, 0.2) is 11.5 Å². The minimum absolute atomic E-state index is 0.0277. The summed E-state index contributed by atoms with van der Waals surface area (Å²) in [7, 11) is 1.58. The highest BCUT2D eigenvalue weighted by Gasteiger charge is 2.11. The largest absolute Gasteiger partial charge is 0.493 e. The Labute approximate surface area is 122 Å². The molecule has 0 radical (unpaired) electrons. The highest BCUT2D eigenvalue weighted by Crippen LogP contribution is 2.36. The van der Waals surface area contributed by atoms with Crippen molar-refractivity contribution >= 4 is 15.9 Å². The Bertz CT molecular complexity index is 399. The van der Waals surface area contributed by atoms with Gasteiger partial charge in [0.1, 0.15) is 13.3 Å². The minimum atomic E-state index is -0.521. The van der Waals surface area contributed by atoms with Gasteiger partial charge in [-0.15, -0.1) is 0 Å². The molecule has 19 heavy (non-hydrogen) atoms. The molecule has 0 aliphatic heterocycles. The predicted molar refractivity (Wildman–Crippen MR) is 78.7 cm³/mol. The van der Waals surface area contributed by atoms with E-state index in [1.807, 2.05) is 12.1 Å². The Morgan fingerprint density at radius 3 is 2.68 bits per heavy atom. The molecule has 0 amide bonds. The molecule has 5 heteroatoms. The molecule has 0 saturated heterocycles. The Hall–Kier alpha value is -0.810. The van der Waals surface area contributed by atoms with E-state index < -0.39 is 6.67 Å². The molecule has 0 fully saturated rings. The molecular formula is C14H21BrFNO2. The quantitative estimate of drug-likeness (QED) is 0.789. The van der Waals surface area contributed by atoms with Crippen LogP contribution in [0.1, 0.15) is 19.4 Å². The third-order valence-corrected chi connectivity index (χ3v) is 3.08. The van der Waals surface area contributed by atoms with E-state index in [0.717, 1.165) is 23.1 Å². The van der Waals surface area contributed by atoms with Crippen molar-refractivity contribution in [3.63, 3.8) is 0 Å². The van der Waals surface area contributed by atoms with Gasteiger partial charge in [0.25, 0.3) is 0 Å². The Morgan fingerprint density at radius 2 is 2.11 bits per heavy atom. The topological polar surface area (TPSA) is 30.5 Å².